The topological polar surface area (TPSA) is 120 Å². The van der Waals surface area contributed by atoms with Crippen LogP contribution in [-0.4, -0.2) is 43.8 Å². The number of carbonyl (C=O) groups is 2. The van der Waals surface area contributed by atoms with E-state index in [2.05, 4.69) is 10.1 Å². The fourth-order valence-electron chi connectivity index (χ4n) is 1.03. The van der Waals surface area contributed by atoms with Crippen molar-refractivity contribution in [2.24, 2.45) is 5.16 Å². The molecule has 1 heterocycles. The van der Waals surface area contributed by atoms with Crippen LogP contribution in [0.4, 0.5) is 0 Å². The van der Waals surface area contributed by atoms with Gasteiger partial charge in [0.1, 0.15) is 0 Å². The van der Waals surface area contributed by atoms with Crippen molar-refractivity contribution in [1.29, 1.82) is 0 Å². The molecule has 0 amide bonds. The summed E-state index contributed by atoms with van der Waals surface area (Å²) in [5, 5.41) is 28.4. The molecule has 0 aliphatic heterocycles. The second-order valence-corrected chi connectivity index (χ2v) is 5.51. The Bertz CT molecular complexity index is 497. The summed E-state index contributed by atoms with van der Waals surface area (Å²) in [6.45, 7) is 1.69. The molecule has 0 bridgehead atoms. The summed E-state index contributed by atoms with van der Waals surface area (Å²) in [5.74, 6) is -2.28. The summed E-state index contributed by atoms with van der Waals surface area (Å²) < 4.78 is 0.547. The van der Waals surface area contributed by atoms with Gasteiger partial charge in [-0.15, -0.1) is 11.3 Å². The monoisotopic (exact) mass is 290 g/mol. The van der Waals surface area contributed by atoms with E-state index in [1.165, 1.54) is 11.3 Å². The maximum atomic E-state index is 10.6. The van der Waals surface area contributed by atoms with Gasteiger partial charge in [-0.05, 0) is 6.92 Å². The smallest absolute Gasteiger partial charge is 0.354 e. The highest BCUT2D eigenvalue weighted by Gasteiger charge is 2.15. The van der Waals surface area contributed by atoms with Crippen LogP contribution in [0.5, 0.6) is 0 Å². The molecule has 98 valence electrons. The number of aromatic nitrogens is 1. The number of thioether (sulfide) groups is 1. The molecule has 0 aliphatic carbocycles. The van der Waals surface area contributed by atoms with Crippen LogP contribution in [0.25, 0.3) is 0 Å². The molecule has 7 nitrogen and oxygen atoms in total. The van der Waals surface area contributed by atoms with E-state index in [0.29, 0.717) is 14.9 Å². The van der Waals surface area contributed by atoms with Gasteiger partial charge in [0.15, 0.2) is 10.1 Å². The Kier molecular flexibility index (Phi) is 5.10. The summed E-state index contributed by atoms with van der Waals surface area (Å²) in [4.78, 5) is 25.9. The second kappa shape index (κ2) is 6.36. The van der Waals surface area contributed by atoms with E-state index in [1.807, 2.05) is 0 Å². The molecule has 0 spiro atoms. The molecule has 1 rings (SSSR count). The maximum absolute atomic E-state index is 10.6. The Morgan fingerprint density at radius 1 is 1.44 bits per heavy atom. The lowest BCUT2D eigenvalue weighted by Crippen LogP contribution is -2.15. The van der Waals surface area contributed by atoms with Crippen molar-refractivity contribution in [2.75, 3.05) is 5.75 Å². The first-order chi connectivity index (χ1) is 8.43. The molecule has 0 fully saturated rings. The first kappa shape index (κ1) is 14.5. The lowest BCUT2D eigenvalue weighted by molar-refractivity contribution is -0.136. The third kappa shape index (κ3) is 4.00. The quantitative estimate of drug-likeness (QED) is 0.310. The number of rotatable bonds is 6. The summed E-state index contributed by atoms with van der Waals surface area (Å²) >= 11 is 2.28. The Hall–Kier alpha value is -1.61. The average Bonchev–Trinajstić information content (AvgIpc) is 2.59. The molecular formula is C9H10N2O5S2. The van der Waals surface area contributed by atoms with E-state index in [4.69, 9.17) is 15.4 Å². The van der Waals surface area contributed by atoms with Gasteiger partial charge in [-0.2, -0.15) is 0 Å². The predicted octanol–water partition coefficient (Wildman–Crippen LogP) is 1.09. The summed E-state index contributed by atoms with van der Waals surface area (Å²) in [6, 6.07) is 0. The van der Waals surface area contributed by atoms with Gasteiger partial charge in [-0.1, -0.05) is 16.9 Å². The summed E-state index contributed by atoms with van der Waals surface area (Å²) in [6.07, 6.45) is -0.107. The van der Waals surface area contributed by atoms with Gasteiger partial charge in [-0.25, -0.2) is 9.78 Å². The van der Waals surface area contributed by atoms with E-state index in [9.17, 15) is 9.59 Å². The number of thiazole rings is 1. The summed E-state index contributed by atoms with van der Waals surface area (Å²) in [7, 11) is 0. The fraction of sp³-hybridized carbons (Fsp3) is 0.333. The van der Waals surface area contributed by atoms with Crippen molar-refractivity contribution in [2.45, 2.75) is 17.7 Å². The van der Waals surface area contributed by atoms with Crippen molar-refractivity contribution >= 4 is 40.7 Å². The van der Waals surface area contributed by atoms with Crippen molar-refractivity contribution in [3.8, 4) is 0 Å². The van der Waals surface area contributed by atoms with E-state index >= 15 is 0 Å². The molecular weight excluding hydrogens is 280 g/mol. The number of oxime groups is 1. The lowest BCUT2D eigenvalue weighted by Gasteiger charge is -1.95. The minimum absolute atomic E-state index is 0.0364. The molecule has 1 aromatic rings. The second-order valence-electron chi connectivity index (χ2n) is 3.20. The number of aliphatic carboxylic acids is 2. The van der Waals surface area contributed by atoms with Gasteiger partial charge in [-0.3, -0.25) is 4.79 Å². The van der Waals surface area contributed by atoms with E-state index in [1.54, 1.807) is 6.92 Å². The molecule has 0 aromatic carbocycles. The van der Waals surface area contributed by atoms with Gasteiger partial charge >= 0.3 is 11.9 Å². The molecule has 1 aromatic heterocycles. The Balaban J connectivity index is 2.69. The molecule has 0 saturated heterocycles. The zero-order valence-corrected chi connectivity index (χ0v) is 10.9. The Morgan fingerprint density at radius 2 is 2.11 bits per heavy atom. The van der Waals surface area contributed by atoms with Crippen LogP contribution in [0.2, 0.25) is 0 Å². The number of hydrogen-bond acceptors (Lipinski definition) is 7. The molecule has 0 radical (unpaired) electrons. The minimum atomic E-state index is -1.30. The number of nitrogens with zero attached hydrogens (tertiary/aromatic N) is 2. The minimum Gasteiger partial charge on any atom is -0.481 e. The van der Waals surface area contributed by atoms with Crippen LogP contribution in [0.15, 0.2) is 9.50 Å². The van der Waals surface area contributed by atoms with Crippen molar-refractivity contribution in [1.82, 2.24) is 4.98 Å². The molecule has 0 aliphatic rings. The number of hydrogen-bond donors (Lipinski definition) is 3. The van der Waals surface area contributed by atoms with E-state index in [0.717, 1.165) is 11.8 Å². The zero-order valence-electron chi connectivity index (χ0n) is 9.28. The predicted molar refractivity (Wildman–Crippen MR) is 65.8 cm³/mol. The maximum Gasteiger partial charge on any atom is 0.354 e. The molecule has 0 atom stereocenters. The standard InChI is InChI=1S/C9H10N2O5S2/c1-4-6(2-7(12)13)18-9(10-4)17-3-5(11-16)8(14)15/h16H,2-3H2,1H3,(H,12,13)(H,14,15)/b11-5-. The lowest BCUT2D eigenvalue weighted by atomic mass is 10.3. The van der Waals surface area contributed by atoms with Gasteiger partial charge in [0.05, 0.1) is 17.9 Å². The average molecular weight is 290 g/mol. The highest BCUT2D eigenvalue weighted by Crippen LogP contribution is 2.27. The third-order valence-electron chi connectivity index (χ3n) is 1.88. The molecule has 0 saturated carbocycles. The Morgan fingerprint density at radius 3 is 2.61 bits per heavy atom. The van der Waals surface area contributed by atoms with Crippen LogP contribution in [-0.2, 0) is 16.0 Å². The van der Waals surface area contributed by atoms with E-state index in [-0.39, 0.29) is 17.9 Å². The summed E-state index contributed by atoms with van der Waals surface area (Å²) in [5.41, 5.74) is 0.232. The van der Waals surface area contributed by atoms with Crippen LogP contribution in [0.3, 0.4) is 0 Å². The SMILES string of the molecule is Cc1nc(SC/C(=N/O)C(=O)O)sc1CC(=O)O. The first-order valence-corrected chi connectivity index (χ1v) is 6.49. The van der Waals surface area contributed by atoms with Crippen molar-refractivity contribution in [3.63, 3.8) is 0 Å². The number of carboxylic acids is 2. The highest BCUT2D eigenvalue weighted by atomic mass is 32.2. The van der Waals surface area contributed by atoms with Gasteiger partial charge in [0.25, 0.3) is 0 Å². The van der Waals surface area contributed by atoms with E-state index < -0.39 is 11.9 Å². The normalized spacial score (nSPS) is 11.5. The van der Waals surface area contributed by atoms with Crippen LogP contribution >= 0.6 is 23.1 Å². The van der Waals surface area contributed by atoms with Crippen molar-refractivity contribution < 1.29 is 25.0 Å². The molecule has 3 N–H and O–H groups in total. The van der Waals surface area contributed by atoms with Crippen molar-refractivity contribution in [3.05, 3.63) is 10.6 Å². The largest absolute Gasteiger partial charge is 0.481 e. The van der Waals surface area contributed by atoms with Crippen LogP contribution in [0.1, 0.15) is 10.6 Å². The fourth-order valence-corrected chi connectivity index (χ4v) is 3.17. The molecule has 9 heteroatoms. The number of aryl methyl sites for hydroxylation is 1. The highest BCUT2D eigenvalue weighted by molar-refractivity contribution is 8.01. The zero-order chi connectivity index (χ0) is 13.7. The molecule has 0 unspecified atom stereocenters. The number of carboxylic acid groups (broad SMARTS) is 2. The molecule has 18 heavy (non-hydrogen) atoms. The van der Waals surface area contributed by atoms with Gasteiger partial charge in [0.2, 0.25) is 0 Å². The first-order valence-electron chi connectivity index (χ1n) is 4.69. The third-order valence-corrected chi connectivity index (χ3v) is 4.20. The Labute approximate surface area is 110 Å². The van der Waals surface area contributed by atoms with Crippen LogP contribution < -0.4 is 0 Å². The van der Waals surface area contributed by atoms with Gasteiger partial charge in [0, 0.05) is 4.88 Å². The van der Waals surface area contributed by atoms with Gasteiger partial charge < -0.3 is 15.4 Å². The van der Waals surface area contributed by atoms with Crippen LogP contribution in [0, 0.1) is 6.92 Å².